The van der Waals surface area contributed by atoms with Crippen LogP contribution < -0.4 is 14.8 Å². The standard InChI is InChI=1S/C15H17N3O4S2/c1-9-16-13(8-23-9)15(19)17-12-7-11(5-6-14(12)22-2)24(20,21)18-10-3-4-10/h5-8,10,18H,3-4H2,1-2H3,(H,17,19). The van der Waals surface area contributed by atoms with E-state index in [2.05, 4.69) is 15.0 Å². The monoisotopic (exact) mass is 367 g/mol. The van der Waals surface area contributed by atoms with Gasteiger partial charge in [0.25, 0.3) is 5.91 Å². The minimum atomic E-state index is -3.61. The maximum Gasteiger partial charge on any atom is 0.275 e. The molecule has 24 heavy (non-hydrogen) atoms. The zero-order valence-corrected chi connectivity index (χ0v) is 14.8. The Kier molecular flexibility index (Phi) is 4.57. The first kappa shape index (κ1) is 16.9. The van der Waals surface area contributed by atoms with Gasteiger partial charge in [0.1, 0.15) is 11.4 Å². The normalized spacial score (nSPS) is 14.4. The van der Waals surface area contributed by atoms with Gasteiger partial charge in [0.15, 0.2) is 0 Å². The van der Waals surface area contributed by atoms with Crippen LogP contribution in [0, 0.1) is 6.92 Å². The minimum Gasteiger partial charge on any atom is -0.495 e. The summed E-state index contributed by atoms with van der Waals surface area (Å²) >= 11 is 1.37. The summed E-state index contributed by atoms with van der Waals surface area (Å²) in [5.74, 6) is -0.0389. The number of carbonyl (C=O) groups excluding carboxylic acids is 1. The van der Waals surface area contributed by atoms with Crippen molar-refractivity contribution in [1.82, 2.24) is 9.71 Å². The summed E-state index contributed by atoms with van der Waals surface area (Å²) in [5.41, 5.74) is 0.566. The fourth-order valence-corrected chi connectivity index (χ4v) is 4.02. The number of amides is 1. The van der Waals surface area contributed by atoms with Crippen molar-refractivity contribution in [3.63, 3.8) is 0 Å². The number of ether oxygens (including phenoxy) is 1. The van der Waals surface area contributed by atoms with Gasteiger partial charge in [-0.1, -0.05) is 0 Å². The van der Waals surface area contributed by atoms with E-state index in [1.807, 2.05) is 0 Å². The largest absolute Gasteiger partial charge is 0.495 e. The van der Waals surface area contributed by atoms with Crippen LogP contribution in [0.15, 0.2) is 28.5 Å². The minimum absolute atomic E-state index is 0.00752. The number of hydrogen-bond acceptors (Lipinski definition) is 6. The second-order valence-electron chi connectivity index (χ2n) is 5.46. The van der Waals surface area contributed by atoms with Crippen LogP contribution in [0.2, 0.25) is 0 Å². The number of carbonyl (C=O) groups is 1. The molecule has 128 valence electrons. The Morgan fingerprint density at radius 1 is 1.38 bits per heavy atom. The lowest BCUT2D eigenvalue weighted by Gasteiger charge is -2.12. The molecule has 1 fully saturated rings. The Labute approximate surface area is 144 Å². The number of benzene rings is 1. The van der Waals surface area contributed by atoms with Crippen molar-refractivity contribution in [2.45, 2.75) is 30.7 Å². The third-order valence-electron chi connectivity index (χ3n) is 3.48. The average Bonchev–Trinajstić information content (AvgIpc) is 3.23. The Hall–Kier alpha value is -1.97. The summed E-state index contributed by atoms with van der Waals surface area (Å²) in [5, 5.41) is 5.08. The van der Waals surface area contributed by atoms with Crippen molar-refractivity contribution < 1.29 is 17.9 Å². The third-order valence-corrected chi connectivity index (χ3v) is 5.77. The predicted octanol–water partition coefficient (Wildman–Crippen LogP) is 2.15. The molecule has 0 atom stereocenters. The Morgan fingerprint density at radius 3 is 2.71 bits per heavy atom. The molecule has 0 spiro atoms. The van der Waals surface area contributed by atoms with Crippen molar-refractivity contribution in [3.05, 3.63) is 34.3 Å². The van der Waals surface area contributed by atoms with Gasteiger partial charge in [-0.3, -0.25) is 4.79 Å². The first-order valence-corrected chi connectivity index (χ1v) is 9.69. The highest BCUT2D eigenvalue weighted by Gasteiger charge is 2.28. The summed E-state index contributed by atoms with van der Waals surface area (Å²) in [6.07, 6.45) is 1.70. The van der Waals surface area contributed by atoms with Gasteiger partial charge in [-0.2, -0.15) is 0 Å². The summed E-state index contributed by atoms with van der Waals surface area (Å²) in [6.45, 7) is 1.80. The van der Waals surface area contributed by atoms with E-state index >= 15 is 0 Å². The molecule has 1 saturated carbocycles. The number of nitrogens with one attached hydrogen (secondary N) is 2. The van der Waals surface area contributed by atoms with Crippen LogP contribution in [0.1, 0.15) is 28.3 Å². The van der Waals surface area contributed by atoms with E-state index in [1.165, 1.54) is 36.6 Å². The second-order valence-corrected chi connectivity index (χ2v) is 8.24. The Morgan fingerprint density at radius 2 is 2.12 bits per heavy atom. The fourth-order valence-electron chi connectivity index (χ4n) is 2.09. The van der Waals surface area contributed by atoms with E-state index in [4.69, 9.17) is 4.74 Å². The lowest BCUT2D eigenvalue weighted by Crippen LogP contribution is -2.26. The first-order valence-electron chi connectivity index (χ1n) is 7.33. The van der Waals surface area contributed by atoms with Gasteiger partial charge in [0.2, 0.25) is 10.0 Å². The predicted molar refractivity (Wildman–Crippen MR) is 91.1 cm³/mol. The van der Waals surface area contributed by atoms with Gasteiger partial charge in [0, 0.05) is 11.4 Å². The molecule has 0 aliphatic heterocycles. The van der Waals surface area contributed by atoms with Crippen LogP contribution >= 0.6 is 11.3 Å². The van der Waals surface area contributed by atoms with Crippen LogP contribution in [0.25, 0.3) is 0 Å². The van der Waals surface area contributed by atoms with Crippen molar-refractivity contribution in [3.8, 4) is 5.75 Å². The van der Waals surface area contributed by atoms with Gasteiger partial charge < -0.3 is 10.1 Å². The Balaban J connectivity index is 1.87. The van der Waals surface area contributed by atoms with E-state index in [1.54, 1.807) is 12.3 Å². The average molecular weight is 367 g/mol. The highest BCUT2D eigenvalue weighted by atomic mass is 32.2. The number of aromatic nitrogens is 1. The maximum absolute atomic E-state index is 12.3. The van der Waals surface area contributed by atoms with Gasteiger partial charge in [-0.15, -0.1) is 11.3 Å². The van der Waals surface area contributed by atoms with Gasteiger partial charge >= 0.3 is 0 Å². The summed E-state index contributed by atoms with van der Waals surface area (Å²) in [7, 11) is -2.16. The molecule has 0 saturated heterocycles. The molecule has 2 aromatic rings. The molecule has 7 nitrogen and oxygen atoms in total. The number of sulfonamides is 1. The van der Waals surface area contributed by atoms with Crippen molar-refractivity contribution in [2.24, 2.45) is 0 Å². The van der Waals surface area contributed by atoms with Gasteiger partial charge in [-0.25, -0.2) is 18.1 Å². The number of rotatable bonds is 6. The number of thiazole rings is 1. The summed E-state index contributed by atoms with van der Waals surface area (Å²) in [4.78, 5) is 16.5. The number of anilines is 1. The molecular weight excluding hydrogens is 350 g/mol. The summed E-state index contributed by atoms with van der Waals surface area (Å²) < 4.78 is 32.4. The molecule has 0 bridgehead atoms. The molecule has 0 unspecified atom stereocenters. The lowest BCUT2D eigenvalue weighted by atomic mass is 10.3. The quantitative estimate of drug-likeness (QED) is 0.815. The molecule has 1 aliphatic rings. The highest BCUT2D eigenvalue weighted by Crippen LogP contribution is 2.29. The smallest absolute Gasteiger partial charge is 0.275 e. The Bertz CT molecular complexity index is 873. The number of nitrogens with zero attached hydrogens (tertiary/aromatic N) is 1. The van der Waals surface area contributed by atoms with Crippen LogP contribution in [0.4, 0.5) is 5.69 Å². The second kappa shape index (κ2) is 6.50. The van der Waals surface area contributed by atoms with Gasteiger partial charge in [-0.05, 0) is 38.0 Å². The van der Waals surface area contributed by atoms with Crippen LogP contribution in [0.5, 0.6) is 5.75 Å². The van der Waals surface area contributed by atoms with Crippen LogP contribution in [-0.4, -0.2) is 32.5 Å². The highest BCUT2D eigenvalue weighted by molar-refractivity contribution is 7.89. The number of methoxy groups -OCH3 is 1. The fraction of sp³-hybridized carbons (Fsp3) is 0.333. The molecule has 2 N–H and O–H groups in total. The van der Waals surface area contributed by atoms with E-state index in [0.717, 1.165) is 17.8 Å². The molecule has 1 aromatic heterocycles. The molecule has 1 aromatic carbocycles. The van der Waals surface area contributed by atoms with E-state index in [0.29, 0.717) is 5.75 Å². The van der Waals surface area contributed by atoms with E-state index in [9.17, 15) is 13.2 Å². The van der Waals surface area contributed by atoms with Crippen LogP contribution in [0.3, 0.4) is 0 Å². The van der Waals surface area contributed by atoms with Crippen LogP contribution in [-0.2, 0) is 10.0 Å². The number of hydrogen-bond donors (Lipinski definition) is 2. The van der Waals surface area contributed by atoms with Crippen molar-refractivity contribution in [2.75, 3.05) is 12.4 Å². The molecular formula is C15H17N3O4S2. The van der Waals surface area contributed by atoms with Gasteiger partial charge in [0.05, 0.1) is 22.7 Å². The molecule has 1 heterocycles. The maximum atomic E-state index is 12.3. The number of aryl methyl sites for hydroxylation is 1. The zero-order chi connectivity index (χ0) is 17.3. The lowest BCUT2D eigenvalue weighted by molar-refractivity contribution is 0.102. The van der Waals surface area contributed by atoms with E-state index in [-0.39, 0.29) is 22.3 Å². The van der Waals surface area contributed by atoms with Crippen molar-refractivity contribution in [1.29, 1.82) is 0 Å². The summed E-state index contributed by atoms with van der Waals surface area (Å²) in [6, 6.07) is 4.36. The van der Waals surface area contributed by atoms with Crippen molar-refractivity contribution >= 4 is 33.0 Å². The molecule has 1 amide bonds. The SMILES string of the molecule is COc1ccc(S(=O)(=O)NC2CC2)cc1NC(=O)c1csc(C)n1. The molecule has 9 heteroatoms. The van der Waals surface area contributed by atoms with E-state index < -0.39 is 15.9 Å². The molecule has 0 radical (unpaired) electrons. The third kappa shape index (κ3) is 3.74. The first-order chi connectivity index (χ1) is 11.4. The zero-order valence-electron chi connectivity index (χ0n) is 13.2. The molecule has 3 rings (SSSR count). The topological polar surface area (TPSA) is 97.4 Å². The molecule has 1 aliphatic carbocycles.